The number of rotatable bonds is 5. The van der Waals surface area contributed by atoms with E-state index in [1.54, 1.807) is 19.2 Å². The van der Waals surface area contributed by atoms with Gasteiger partial charge in [-0.25, -0.2) is 4.79 Å². The summed E-state index contributed by atoms with van der Waals surface area (Å²) in [6.45, 7) is 4.72. The third-order valence-electron chi connectivity index (χ3n) is 3.32. The van der Waals surface area contributed by atoms with Crippen molar-refractivity contribution in [2.24, 2.45) is 10.9 Å². The Morgan fingerprint density at radius 3 is 2.65 bits per heavy atom. The molecule has 2 aromatic rings. The number of fused-ring (bicyclic) bond motifs is 1. The van der Waals surface area contributed by atoms with Gasteiger partial charge in [0.25, 0.3) is 5.91 Å². The number of aromatic nitrogens is 1. The Morgan fingerprint density at radius 1 is 1.30 bits per heavy atom. The molecule has 23 heavy (non-hydrogen) atoms. The molecule has 0 N–H and O–H groups in total. The van der Waals surface area contributed by atoms with Gasteiger partial charge in [-0.1, -0.05) is 25.2 Å². The van der Waals surface area contributed by atoms with Crippen LogP contribution in [0.4, 0.5) is 0 Å². The van der Waals surface area contributed by atoms with Gasteiger partial charge in [0.1, 0.15) is 0 Å². The molecule has 0 saturated carbocycles. The van der Waals surface area contributed by atoms with Gasteiger partial charge in [-0.05, 0) is 18.2 Å². The van der Waals surface area contributed by atoms with Crippen molar-refractivity contribution in [3.05, 3.63) is 28.6 Å². The Bertz CT molecular complexity index is 789. The third kappa shape index (κ3) is 3.86. The molecule has 0 fully saturated rings. The fraction of sp³-hybridized carbons (Fsp3) is 0.438. The van der Waals surface area contributed by atoms with E-state index in [2.05, 4.69) is 4.99 Å². The zero-order valence-electron chi connectivity index (χ0n) is 13.7. The summed E-state index contributed by atoms with van der Waals surface area (Å²) in [6.07, 6.45) is 0. The van der Waals surface area contributed by atoms with E-state index in [9.17, 15) is 9.59 Å². The lowest BCUT2D eigenvalue weighted by Crippen LogP contribution is -2.20. The molecule has 0 aliphatic carbocycles. The first-order valence-electron chi connectivity index (χ1n) is 7.27. The molecule has 1 heterocycles. The molecular formula is C16H20N2O4S. The van der Waals surface area contributed by atoms with Crippen molar-refractivity contribution in [1.29, 1.82) is 0 Å². The van der Waals surface area contributed by atoms with Crippen LogP contribution < -0.4 is 4.80 Å². The van der Waals surface area contributed by atoms with Gasteiger partial charge in [0.05, 0.1) is 29.5 Å². The average Bonchev–Trinajstić information content (AvgIpc) is 2.88. The highest BCUT2D eigenvalue weighted by molar-refractivity contribution is 7.16. The first kappa shape index (κ1) is 17.4. The van der Waals surface area contributed by atoms with Gasteiger partial charge in [-0.2, -0.15) is 4.99 Å². The number of benzene rings is 1. The second-order valence-electron chi connectivity index (χ2n) is 5.31. The summed E-state index contributed by atoms with van der Waals surface area (Å²) in [5, 5.41) is 0. The van der Waals surface area contributed by atoms with E-state index >= 15 is 0 Å². The van der Waals surface area contributed by atoms with Gasteiger partial charge in [-0.15, -0.1) is 0 Å². The van der Waals surface area contributed by atoms with Crippen molar-refractivity contribution in [2.75, 3.05) is 20.8 Å². The predicted molar refractivity (Wildman–Crippen MR) is 88.4 cm³/mol. The Morgan fingerprint density at radius 2 is 2.04 bits per heavy atom. The minimum absolute atomic E-state index is 0.165. The molecule has 0 radical (unpaired) electrons. The van der Waals surface area contributed by atoms with Gasteiger partial charge in [0.2, 0.25) is 0 Å². The number of thiazole rings is 1. The normalized spacial score (nSPS) is 12.1. The highest BCUT2D eigenvalue weighted by atomic mass is 32.1. The van der Waals surface area contributed by atoms with Gasteiger partial charge in [0, 0.05) is 19.6 Å². The standard InChI is InChI=1S/C16H20N2O4S/c1-10(2)14(19)17-16-18(7-8-21-3)12-6-5-11(15(20)22-4)9-13(12)23-16/h5-6,9-10H,7-8H2,1-4H3. The summed E-state index contributed by atoms with van der Waals surface area (Å²) in [4.78, 5) is 28.4. The fourth-order valence-corrected chi connectivity index (χ4v) is 3.13. The summed E-state index contributed by atoms with van der Waals surface area (Å²) < 4.78 is 12.7. The maximum absolute atomic E-state index is 12.0. The minimum atomic E-state index is -0.388. The summed E-state index contributed by atoms with van der Waals surface area (Å²) in [5.41, 5.74) is 1.39. The lowest BCUT2D eigenvalue weighted by molar-refractivity contribution is -0.120. The number of nitrogens with zero attached hydrogens (tertiary/aromatic N) is 2. The van der Waals surface area contributed by atoms with Crippen molar-refractivity contribution in [3.8, 4) is 0 Å². The van der Waals surface area contributed by atoms with Gasteiger partial charge >= 0.3 is 5.97 Å². The van der Waals surface area contributed by atoms with Crippen LogP contribution in [0.2, 0.25) is 0 Å². The summed E-state index contributed by atoms with van der Waals surface area (Å²) >= 11 is 1.37. The molecule has 1 aromatic heterocycles. The average molecular weight is 336 g/mol. The summed E-state index contributed by atoms with van der Waals surface area (Å²) in [6, 6.07) is 5.30. The number of carbonyl (C=O) groups excluding carboxylic acids is 2. The Balaban J connectivity index is 2.60. The monoisotopic (exact) mass is 336 g/mol. The van der Waals surface area contributed by atoms with Crippen molar-refractivity contribution in [2.45, 2.75) is 20.4 Å². The maximum atomic E-state index is 12.0. The number of carbonyl (C=O) groups is 2. The van der Waals surface area contributed by atoms with Crippen molar-refractivity contribution < 1.29 is 19.1 Å². The molecule has 1 amide bonds. The van der Waals surface area contributed by atoms with E-state index in [0.29, 0.717) is 23.5 Å². The van der Waals surface area contributed by atoms with E-state index in [1.165, 1.54) is 18.4 Å². The van der Waals surface area contributed by atoms with Crippen LogP contribution in [0.1, 0.15) is 24.2 Å². The number of ether oxygens (including phenoxy) is 2. The van der Waals surface area contributed by atoms with Crippen LogP contribution in [0.25, 0.3) is 10.2 Å². The molecule has 0 unspecified atom stereocenters. The van der Waals surface area contributed by atoms with E-state index in [0.717, 1.165) is 10.2 Å². The molecule has 0 aliphatic rings. The zero-order chi connectivity index (χ0) is 17.0. The largest absolute Gasteiger partial charge is 0.465 e. The molecule has 6 nitrogen and oxygen atoms in total. The molecule has 7 heteroatoms. The SMILES string of the molecule is COCCn1c(=NC(=O)C(C)C)sc2cc(C(=O)OC)ccc21. The van der Waals surface area contributed by atoms with Crippen LogP contribution in [0.5, 0.6) is 0 Å². The number of hydrogen-bond donors (Lipinski definition) is 0. The van der Waals surface area contributed by atoms with Crippen molar-refractivity contribution in [3.63, 3.8) is 0 Å². The first-order valence-corrected chi connectivity index (χ1v) is 8.08. The maximum Gasteiger partial charge on any atom is 0.337 e. The Labute approximate surface area is 138 Å². The number of esters is 1. The molecule has 0 spiro atoms. The molecule has 0 atom stereocenters. The van der Waals surface area contributed by atoms with Crippen LogP contribution in [0, 0.1) is 5.92 Å². The van der Waals surface area contributed by atoms with E-state index < -0.39 is 0 Å². The topological polar surface area (TPSA) is 69.9 Å². The zero-order valence-corrected chi connectivity index (χ0v) is 14.5. The van der Waals surface area contributed by atoms with Crippen LogP contribution in [-0.2, 0) is 20.8 Å². The van der Waals surface area contributed by atoms with Gasteiger partial charge in [0.15, 0.2) is 4.80 Å². The van der Waals surface area contributed by atoms with Crippen LogP contribution in [0.15, 0.2) is 23.2 Å². The Hall–Kier alpha value is -1.99. The van der Waals surface area contributed by atoms with Crippen molar-refractivity contribution in [1.82, 2.24) is 4.57 Å². The molecular weight excluding hydrogens is 316 g/mol. The number of methoxy groups -OCH3 is 2. The second-order valence-corrected chi connectivity index (χ2v) is 6.32. The van der Waals surface area contributed by atoms with Crippen LogP contribution >= 0.6 is 11.3 Å². The lowest BCUT2D eigenvalue weighted by atomic mass is 10.2. The number of amides is 1. The predicted octanol–water partition coefficient (Wildman–Crippen LogP) is 2.22. The fourth-order valence-electron chi connectivity index (χ4n) is 2.03. The first-order chi connectivity index (χ1) is 11.0. The molecule has 124 valence electrons. The second kappa shape index (κ2) is 7.52. The smallest absolute Gasteiger partial charge is 0.337 e. The van der Waals surface area contributed by atoms with Gasteiger partial charge in [-0.3, -0.25) is 4.79 Å². The number of hydrogen-bond acceptors (Lipinski definition) is 5. The van der Waals surface area contributed by atoms with Gasteiger partial charge < -0.3 is 14.0 Å². The molecule has 0 bridgehead atoms. The molecule has 2 rings (SSSR count). The summed E-state index contributed by atoms with van der Waals surface area (Å²) in [5.74, 6) is -0.724. The molecule has 0 aliphatic heterocycles. The van der Waals surface area contributed by atoms with E-state index in [1.807, 2.05) is 24.5 Å². The molecule has 0 saturated heterocycles. The van der Waals surface area contributed by atoms with Crippen LogP contribution in [0.3, 0.4) is 0 Å². The Kier molecular flexibility index (Phi) is 5.68. The van der Waals surface area contributed by atoms with Crippen LogP contribution in [-0.4, -0.2) is 37.3 Å². The summed E-state index contributed by atoms with van der Waals surface area (Å²) in [7, 11) is 2.97. The molecule has 1 aromatic carbocycles. The highest BCUT2D eigenvalue weighted by Gasteiger charge is 2.12. The lowest BCUT2D eigenvalue weighted by Gasteiger charge is -2.05. The van der Waals surface area contributed by atoms with Crippen molar-refractivity contribution >= 4 is 33.4 Å². The van der Waals surface area contributed by atoms with E-state index in [-0.39, 0.29) is 17.8 Å². The van der Waals surface area contributed by atoms with E-state index in [4.69, 9.17) is 9.47 Å². The quantitative estimate of drug-likeness (QED) is 0.785. The highest BCUT2D eigenvalue weighted by Crippen LogP contribution is 2.20. The third-order valence-corrected chi connectivity index (χ3v) is 4.36. The minimum Gasteiger partial charge on any atom is -0.465 e.